The molecule has 0 aliphatic carbocycles. The van der Waals surface area contributed by atoms with Gasteiger partial charge in [0.05, 0.1) is 10.5 Å². The van der Waals surface area contributed by atoms with Crippen LogP contribution in [0.5, 0.6) is 0 Å². The molecule has 0 unspecified atom stereocenters. The molecule has 0 saturated heterocycles. The summed E-state index contributed by atoms with van der Waals surface area (Å²) < 4.78 is 0. The molecule has 0 spiro atoms. The van der Waals surface area contributed by atoms with E-state index in [-0.39, 0.29) is 0 Å². The van der Waals surface area contributed by atoms with E-state index in [2.05, 4.69) is 4.98 Å². The number of carbonyl (C=O) groups is 1. The van der Waals surface area contributed by atoms with Crippen molar-refractivity contribution in [3.63, 3.8) is 0 Å². The Morgan fingerprint density at radius 2 is 2.23 bits per heavy atom. The van der Waals surface area contributed by atoms with E-state index >= 15 is 0 Å². The highest BCUT2D eigenvalue weighted by Gasteiger charge is 2.01. The second-order valence-corrected chi connectivity index (χ2v) is 3.09. The first-order valence-corrected chi connectivity index (χ1v) is 4.18. The van der Waals surface area contributed by atoms with Crippen molar-refractivity contribution in [2.75, 3.05) is 0 Å². The third-order valence-electron chi connectivity index (χ3n) is 1.85. The van der Waals surface area contributed by atoms with Crippen LogP contribution in [0.2, 0.25) is 5.02 Å². The SMILES string of the molecule is O=Cc1cc2cccnc2cc1Cl. The maximum Gasteiger partial charge on any atom is 0.151 e. The number of halogens is 1. The number of rotatable bonds is 1. The van der Waals surface area contributed by atoms with Crippen molar-refractivity contribution in [3.8, 4) is 0 Å². The maximum absolute atomic E-state index is 10.6. The molecule has 0 atom stereocenters. The number of pyridine rings is 1. The van der Waals surface area contributed by atoms with Gasteiger partial charge in [-0.25, -0.2) is 0 Å². The quantitative estimate of drug-likeness (QED) is 0.649. The zero-order chi connectivity index (χ0) is 9.26. The Bertz CT molecular complexity index is 467. The molecule has 2 nitrogen and oxygen atoms in total. The Hall–Kier alpha value is -1.41. The van der Waals surface area contributed by atoms with E-state index in [1.165, 1.54) is 0 Å². The van der Waals surface area contributed by atoms with Crippen molar-refractivity contribution in [3.05, 3.63) is 41.0 Å². The lowest BCUT2D eigenvalue weighted by molar-refractivity contribution is 0.112. The van der Waals surface area contributed by atoms with Gasteiger partial charge in [0.25, 0.3) is 0 Å². The molecule has 0 saturated carbocycles. The maximum atomic E-state index is 10.6. The van der Waals surface area contributed by atoms with Gasteiger partial charge in [0.15, 0.2) is 6.29 Å². The van der Waals surface area contributed by atoms with Crippen LogP contribution in [0.1, 0.15) is 10.4 Å². The average Bonchev–Trinajstić information content (AvgIpc) is 2.17. The normalized spacial score (nSPS) is 10.2. The molecular formula is C10H6ClNO. The third kappa shape index (κ3) is 1.40. The Morgan fingerprint density at radius 1 is 1.38 bits per heavy atom. The monoisotopic (exact) mass is 191 g/mol. The zero-order valence-electron chi connectivity index (χ0n) is 6.70. The van der Waals surface area contributed by atoms with Gasteiger partial charge in [-0.3, -0.25) is 9.78 Å². The van der Waals surface area contributed by atoms with Gasteiger partial charge >= 0.3 is 0 Å². The summed E-state index contributed by atoms with van der Waals surface area (Å²) in [5.41, 5.74) is 1.31. The number of benzene rings is 1. The van der Waals surface area contributed by atoms with Crippen molar-refractivity contribution in [2.24, 2.45) is 0 Å². The van der Waals surface area contributed by atoms with Gasteiger partial charge in [0.1, 0.15) is 0 Å². The van der Waals surface area contributed by atoms with Gasteiger partial charge in [-0.2, -0.15) is 0 Å². The van der Waals surface area contributed by atoms with Crippen molar-refractivity contribution < 1.29 is 4.79 Å². The fraction of sp³-hybridized carbons (Fsp3) is 0. The van der Waals surface area contributed by atoms with E-state index < -0.39 is 0 Å². The average molecular weight is 192 g/mol. The molecule has 3 heteroatoms. The standard InChI is InChI=1S/C10H6ClNO/c11-9-5-10-7(2-1-3-12-10)4-8(9)6-13/h1-6H. The fourth-order valence-corrected chi connectivity index (χ4v) is 1.41. The van der Waals surface area contributed by atoms with Crippen molar-refractivity contribution in [2.45, 2.75) is 0 Å². The molecule has 0 amide bonds. The molecule has 1 aromatic heterocycles. The number of hydrogen-bond donors (Lipinski definition) is 0. The first-order valence-electron chi connectivity index (χ1n) is 3.81. The van der Waals surface area contributed by atoms with Gasteiger partial charge in [-0.1, -0.05) is 17.7 Å². The van der Waals surface area contributed by atoms with Crippen molar-refractivity contribution in [1.29, 1.82) is 0 Å². The van der Waals surface area contributed by atoms with E-state index in [4.69, 9.17) is 11.6 Å². The lowest BCUT2D eigenvalue weighted by Crippen LogP contribution is -1.84. The second kappa shape index (κ2) is 3.15. The largest absolute Gasteiger partial charge is 0.298 e. The molecule has 0 bridgehead atoms. The predicted molar refractivity (Wildman–Crippen MR) is 52.1 cm³/mol. The van der Waals surface area contributed by atoms with Crippen LogP contribution in [0.4, 0.5) is 0 Å². The van der Waals surface area contributed by atoms with Gasteiger partial charge in [0.2, 0.25) is 0 Å². The van der Waals surface area contributed by atoms with Crippen molar-refractivity contribution in [1.82, 2.24) is 4.98 Å². The summed E-state index contributed by atoms with van der Waals surface area (Å²) in [7, 11) is 0. The zero-order valence-corrected chi connectivity index (χ0v) is 7.45. The summed E-state index contributed by atoms with van der Waals surface area (Å²) >= 11 is 5.83. The van der Waals surface area contributed by atoms with Crippen LogP contribution in [0, 0.1) is 0 Å². The highest BCUT2D eigenvalue weighted by atomic mass is 35.5. The highest BCUT2D eigenvalue weighted by molar-refractivity contribution is 6.33. The summed E-state index contributed by atoms with van der Waals surface area (Å²) in [6.45, 7) is 0. The molecule has 0 aliphatic heterocycles. The third-order valence-corrected chi connectivity index (χ3v) is 2.18. The fourth-order valence-electron chi connectivity index (χ4n) is 1.20. The van der Waals surface area contributed by atoms with Crippen LogP contribution in [-0.4, -0.2) is 11.3 Å². The number of carbonyl (C=O) groups excluding carboxylic acids is 1. The second-order valence-electron chi connectivity index (χ2n) is 2.69. The number of aromatic nitrogens is 1. The molecule has 0 N–H and O–H groups in total. The molecule has 0 radical (unpaired) electrons. The summed E-state index contributed by atoms with van der Waals surface area (Å²) in [6.07, 6.45) is 2.44. The minimum atomic E-state index is 0.446. The molecule has 1 aromatic carbocycles. The summed E-state index contributed by atoms with van der Waals surface area (Å²) in [5.74, 6) is 0. The predicted octanol–water partition coefficient (Wildman–Crippen LogP) is 2.70. The van der Waals surface area contributed by atoms with Crippen LogP contribution in [0.15, 0.2) is 30.5 Å². The Kier molecular flexibility index (Phi) is 1.99. The first kappa shape index (κ1) is 8.20. The Balaban J connectivity index is 2.81. The minimum absolute atomic E-state index is 0.446. The summed E-state index contributed by atoms with van der Waals surface area (Å²) in [6, 6.07) is 7.15. The minimum Gasteiger partial charge on any atom is -0.298 e. The van der Waals surface area contributed by atoms with E-state index in [0.717, 1.165) is 17.2 Å². The van der Waals surface area contributed by atoms with Gasteiger partial charge < -0.3 is 0 Å². The van der Waals surface area contributed by atoms with Gasteiger partial charge in [-0.05, 0) is 18.2 Å². The molecule has 2 rings (SSSR count). The van der Waals surface area contributed by atoms with Crippen LogP contribution in [0.3, 0.4) is 0 Å². The number of hydrogen-bond acceptors (Lipinski definition) is 2. The molecule has 64 valence electrons. The first-order chi connectivity index (χ1) is 6.31. The van der Waals surface area contributed by atoms with Crippen LogP contribution in [-0.2, 0) is 0 Å². The summed E-state index contributed by atoms with van der Waals surface area (Å²) in [5, 5.41) is 1.37. The smallest absolute Gasteiger partial charge is 0.151 e. The van der Waals surface area contributed by atoms with E-state index in [1.54, 1.807) is 18.3 Å². The molecular weight excluding hydrogens is 186 g/mol. The highest BCUT2D eigenvalue weighted by Crippen LogP contribution is 2.20. The Morgan fingerprint density at radius 3 is 3.00 bits per heavy atom. The van der Waals surface area contributed by atoms with E-state index in [9.17, 15) is 4.79 Å². The lowest BCUT2D eigenvalue weighted by Gasteiger charge is -1.99. The number of nitrogens with zero attached hydrogens (tertiary/aromatic N) is 1. The van der Waals surface area contributed by atoms with Gasteiger partial charge in [-0.15, -0.1) is 0 Å². The van der Waals surface area contributed by atoms with Crippen LogP contribution >= 0.6 is 11.6 Å². The lowest BCUT2D eigenvalue weighted by atomic mass is 10.1. The molecule has 13 heavy (non-hydrogen) atoms. The summed E-state index contributed by atoms with van der Waals surface area (Å²) in [4.78, 5) is 14.7. The molecule has 0 fully saturated rings. The molecule has 0 aliphatic rings. The number of fused-ring (bicyclic) bond motifs is 1. The Labute approximate surface area is 80.2 Å². The topological polar surface area (TPSA) is 30.0 Å². The number of aldehydes is 1. The van der Waals surface area contributed by atoms with E-state index in [0.29, 0.717) is 10.6 Å². The van der Waals surface area contributed by atoms with Gasteiger partial charge in [0, 0.05) is 17.1 Å². The molecule has 1 heterocycles. The van der Waals surface area contributed by atoms with Crippen molar-refractivity contribution >= 4 is 28.8 Å². The van der Waals surface area contributed by atoms with Crippen LogP contribution < -0.4 is 0 Å². The van der Waals surface area contributed by atoms with Crippen LogP contribution in [0.25, 0.3) is 10.9 Å². The van der Waals surface area contributed by atoms with E-state index in [1.807, 2.05) is 12.1 Å². The molecule has 2 aromatic rings.